The molecule has 1 saturated carbocycles. The van der Waals surface area contributed by atoms with Gasteiger partial charge in [0.2, 0.25) is 0 Å². The molecule has 2 N–H and O–H groups in total. The summed E-state index contributed by atoms with van der Waals surface area (Å²) >= 11 is 1.38. The highest BCUT2D eigenvalue weighted by Gasteiger charge is 2.36. The monoisotopic (exact) mass is 660 g/mol. The number of carbonyl (C=O) groups is 1. The second kappa shape index (κ2) is 13.5. The number of urea groups is 1. The molecular weight excluding hydrogens is 609 g/mol. The summed E-state index contributed by atoms with van der Waals surface area (Å²) < 4.78 is 17.7. The van der Waals surface area contributed by atoms with Crippen molar-refractivity contribution in [1.82, 2.24) is 24.6 Å². The number of rotatable bonds is 6. The summed E-state index contributed by atoms with van der Waals surface area (Å²) in [6.45, 7) is 11.7. The van der Waals surface area contributed by atoms with Gasteiger partial charge in [-0.05, 0) is 107 Å². The summed E-state index contributed by atoms with van der Waals surface area (Å²) in [6.07, 6.45) is 10.7. The van der Waals surface area contributed by atoms with Gasteiger partial charge in [-0.3, -0.25) is 15.1 Å². The highest BCUT2D eigenvalue weighted by atomic mass is 32.2. The number of carbonyl (C=O) groups excluding carboxylic acids is 1. The van der Waals surface area contributed by atoms with E-state index in [4.69, 9.17) is 9.47 Å². The second-order valence-electron chi connectivity index (χ2n) is 14.5. The van der Waals surface area contributed by atoms with Crippen molar-refractivity contribution in [2.45, 2.75) is 89.9 Å². The van der Waals surface area contributed by atoms with Crippen LogP contribution in [0.15, 0.2) is 36.4 Å². The lowest BCUT2D eigenvalue weighted by Gasteiger charge is -2.39. The lowest BCUT2D eigenvalue weighted by atomic mass is 9.81. The molecule has 4 heterocycles. The first-order valence-corrected chi connectivity index (χ1v) is 18.9. The zero-order valence-electron chi connectivity index (χ0n) is 28.8. The number of fused-ring (bicyclic) bond motifs is 4. The van der Waals surface area contributed by atoms with Crippen molar-refractivity contribution in [2.24, 2.45) is 5.92 Å². The number of amides is 2. The molecule has 1 aromatic heterocycles. The van der Waals surface area contributed by atoms with Crippen molar-refractivity contribution in [1.29, 1.82) is 0 Å². The summed E-state index contributed by atoms with van der Waals surface area (Å²) in [5.74, 6) is 2.31. The maximum atomic E-state index is 13.8. The number of anilines is 1. The minimum Gasteiger partial charge on any atom is -0.489 e. The maximum Gasteiger partial charge on any atom is 0.349 e. The van der Waals surface area contributed by atoms with Crippen LogP contribution in [0.4, 0.5) is 10.5 Å². The third-order valence-corrected chi connectivity index (χ3v) is 11.4. The van der Waals surface area contributed by atoms with Crippen LogP contribution < -0.4 is 25.1 Å². The molecule has 1 saturated heterocycles. The quantitative estimate of drug-likeness (QED) is 0.271. The molecule has 3 aromatic rings. The lowest BCUT2D eigenvalue weighted by molar-refractivity contribution is 0.135. The predicted molar refractivity (Wildman–Crippen MR) is 192 cm³/mol. The average Bonchev–Trinajstić information content (AvgIpc) is 3.69. The summed E-state index contributed by atoms with van der Waals surface area (Å²) in [7, 11) is 1.87. The second-order valence-corrected chi connectivity index (χ2v) is 15.2. The van der Waals surface area contributed by atoms with Crippen LogP contribution in [0.5, 0.6) is 11.5 Å². The Bertz CT molecular complexity index is 1590. The molecule has 47 heavy (non-hydrogen) atoms. The van der Waals surface area contributed by atoms with Crippen LogP contribution >= 0.6 is 11.9 Å². The van der Waals surface area contributed by atoms with Gasteiger partial charge in [0, 0.05) is 55.0 Å². The van der Waals surface area contributed by atoms with Crippen LogP contribution in [-0.4, -0.2) is 77.8 Å². The molecule has 4 bridgehead atoms. The zero-order chi connectivity index (χ0) is 32.7. The molecule has 7 rings (SSSR count). The fourth-order valence-corrected chi connectivity index (χ4v) is 8.88. The summed E-state index contributed by atoms with van der Waals surface area (Å²) in [5, 5.41) is 5.11. The van der Waals surface area contributed by atoms with E-state index >= 15 is 0 Å². The molecule has 1 unspecified atom stereocenters. The number of likely N-dealkylation sites (tertiary alicyclic amines) is 1. The van der Waals surface area contributed by atoms with Crippen molar-refractivity contribution < 1.29 is 14.3 Å². The molecule has 10 heteroatoms. The van der Waals surface area contributed by atoms with E-state index in [9.17, 15) is 4.79 Å². The number of hydrogen-bond acceptors (Lipinski definition) is 7. The first-order valence-electron chi connectivity index (χ1n) is 17.7. The van der Waals surface area contributed by atoms with Crippen LogP contribution in [0.1, 0.15) is 77.2 Å². The Morgan fingerprint density at radius 1 is 1.06 bits per heavy atom. The van der Waals surface area contributed by atoms with Crippen LogP contribution in [-0.2, 0) is 6.54 Å². The minimum atomic E-state index is -0.558. The van der Waals surface area contributed by atoms with Crippen LogP contribution in [0.3, 0.4) is 0 Å². The topological polar surface area (TPSA) is 74.2 Å². The van der Waals surface area contributed by atoms with Gasteiger partial charge in [-0.15, -0.1) is 0 Å². The number of aromatic nitrogens is 1. The number of para-hydroxylation sites is 1. The lowest BCUT2D eigenvalue weighted by Crippen LogP contribution is -2.63. The molecule has 2 atom stereocenters. The third kappa shape index (κ3) is 6.46. The van der Waals surface area contributed by atoms with E-state index in [-0.39, 0.29) is 18.0 Å². The average molecular weight is 661 g/mol. The van der Waals surface area contributed by atoms with Crippen molar-refractivity contribution in [3.63, 3.8) is 0 Å². The number of ether oxygens (including phenoxy) is 2. The van der Waals surface area contributed by atoms with E-state index < -0.39 is 5.66 Å². The van der Waals surface area contributed by atoms with Crippen LogP contribution in [0, 0.1) is 5.92 Å². The Balaban J connectivity index is 1.41. The molecule has 2 fully saturated rings. The Labute approximate surface area is 284 Å². The van der Waals surface area contributed by atoms with E-state index in [1.807, 2.05) is 13.3 Å². The Hall–Kier alpha value is -2.92. The molecule has 4 aliphatic rings. The van der Waals surface area contributed by atoms with Gasteiger partial charge in [0.05, 0.1) is 23.5 Å². The van der Waals surface area contributed by atoms with E-state index in [1.165, 1.54) is 79.1 Å². The first-order chi connectivity index (χ1) is 22.7. The van der Waals surface area contributed by atoms with E-state index in [0.717, 1.165) is 48.9 Å². The highest BCUT2D eigenvalue weighted by molar-refractivity contribution is 7.96. The first kappa shape index (κ1) is 32.6. The van der Waals surface area contributed by atoms with Crippen LogP contribution in [0.25, 0.3) is 22.2 Å². The van der Waals surface area contributed by atoms with Crippen LogP contribution in [0.2, 0.25) is 0 Å². The molecule has 254 valence electrons. The number of nitrogens with zero attached hydrogens (tertiary/aromatic N) is 4. The SMILES string of the molecule is CSN1NC(C)(C)NC(C)[C@@H]2COc3c(OCCN4CCCC4)cccc3-c3c(C4CCCCC4)c4ccc(cc4n3C2)N(C)C1=O. The highest BCUT2D eigenvalue weighted by Crippen LogP contribution is 2.50. The Morgan fingerprint density at radius 2 is 1.85 bits per heavy atom. The maximum absolute atomic E-state index is 13.8. The van der Waals surface area contributed by atoms with Gasteiger partial charge >= 0.3 is 6.03 Å². The molecule has 1 aliphatic carbocycles. The van der Waals surface area contributed by atoms with Gasteiger partial charge in [-0.2, -0.15) is 4.41 Å². The van der Waals surface area contributed by atoms with Gasteiger partial charge in [-0.1, -0.05) is 31.4 Å². The molecule has 9 nitrogen and oxygen atoms in total. The van der Waals surface area contributed by atoms with Gasteiger partial charge in [0.1, 0.15) is 6.61 Å². The van der Waals surface area contributed by atoms with E-state index in [2.05, 4.69) is 77.4 Å². The molecule has 2 aromatic carbocycles. The van der Waals surface area contributed by atoms with Gasteiger partial charge in [-0.25, -0.2) is 10.2 Å². The van der Waals surface area contributed by atoms with Gasteiger partial charge in [0.15, 0.2) is 11.5 Å². The molecule has 2 amide bonds. The Kier molecular flexibility index (Phi) is 9.39. The van der Waals surface area contributed by atoms with Gasteiger partial charge in [0.25, 0.3) is 0 Å². The summed E-state index contributed by atoms with van der Waals surface area (Å²) in [4.78, 5) is 18.1. The third-order valence-electron chi connectivity index (χ3n) is 10.8. The molecule has 0 spiro atoms. The largest absolute Gasteiger partial charge is 0.489 e. The molecular formula is C37H52N6O3S. The molecule has 0 radical (unpaired) electrons. The fraction of sp³-hybridized carbons (Fsp3) is 0.595. The Morgan fingerprint density at radius 3 is 2.62 bits per heavy atom. The molecule has 3 aliphatic heterocycles. The van der Waals surface area contributed by atoms with Gasteiger partial charge < -0.3 is 14.0 Å². The standard InChI is InChI=1S/C37H52N6O3S/c1-25-27-23-42-31-22-28(40(4)36(44)43(47-5)39-37(2,3)38-25)16-17-29(31)33(26-12-7-6-8-13-26)34(42)30-14-11-15-32(35(30)46-24-27)45-21-20-41-18-9-10-19-41/h11,14-17,22,25-27,38-39H,6-10,12-13,18-21,23-24H2,1-5H3/t25?,27-/m0/s1. The van der Waals surface area contributed by atoms with E-state index in [0.29, 0.717) is 19.1 Å². The summed E-state index contributed by atoms with van der Waals surface area (Å²) in [5.41, 5.74) is 8.76. The smallest absolute Gasteiger partial charge is 0.349 e. The predicted octanol–water partition coefficient (Wildman–Crippen LogP) is 7.21. The van der Waals surface area contributed by atoms with Crippen molar-refractivity contribution in [3.05, 3.63) is 42.0 Å². The number of hydrogen-bond donors (Lipinski definition) is 2. The summed E-state index contributed by atoms with van der Waals surface area (Å²) in [6, 6.07) is 13.0. The number of hydrazine groups is 1. The number of nitrogens with one attached hydrogen (secondary N) is 2. The number of benzene rings is 2. The minimum absolute atomic E-state index is 0.0752. The normalized spacial score (nSPS) is 24.0. The van der Waals surface area contributed by atoms with Crippen molar-refractivity contribution in [3.8, 4) is 22.8 Å². The fourth-order valence-electron chi connectivity index (χ4n) is 8.29. The zero-order valence-corrected chi connectivity index (χ0v) is 29.6. The van der Waals surface area contributed by atoms with Crippen molar-refractivity contribution in [2.75, 3.05) is 51.1 Å². The van der Waals surface area contributed by atoms with E-state index in [1.54, 1.807) is 9.31 Å². The van der Waals surface area contributed by atoms with Crippen molar-refractivity contribution >= 4 is 34.6 Å².